The van der Waals surface area contributed by atoms with Gasteiger partial charge in [0.15, 0.2) is 0 Å². The smallest absolute Gasteiger partial charge is 0.134 e. The zero-order chi connectivity index (χ0) is 11.8. The number of hydrogen-bond acceptors (Lipinski definition) is 4. The molecule has 0 radical (unpaired) electrons. The highest BCUT2D eigenvalue weighted by molar-refractivity contribution is 6.29. The summed E-state index contributed by atoms with van der Waals surface area (Å²) in [4.78, 5) is 10.2. The fourth-order valence-corrected chi connectivity index (χ4v) is 2.32. The van der Waals surface area contributed by atoms with Crippen molar-refractivity contribution < 1.29 is 5.11 Å². The molecule has 2 heterocycles. The van der Waals surface area contributed by atoms with Crippen LogP contribution in [-0.4, -0.2) is 34.8 Å². The van der Waals surface area contributed by atoms with Crippen LogP contribution in [0.1, 0.15) is 13.8 Å². The highest BCUT2D eigenvalue weighted by atomic mass is 35.5. The number of rotatable bonds is 2. The van der Waals surface area contributed by atoms with E-state index < -0.39 is 0 Å². The summed E-state index contributed by atoms with van der Waals surface area (Å²) in [7, 11) is 0. The minimum atomic E-state index is 0.103. The van der Waals surface area contributed by atoms with Crippen molar-refractivity contribution in [1.29, 1.82) is 0 Å². The van der Waals surface area contributed by atoms with E-state index >= 15 is 0 Å². The van der Waals surface area contributed by atoms with E-state index in [0.29, 0.717) is 5.15 Å². The van der Waals surface area contributed by atoms with Crippen LogP contribution in [0.2, 0.25) is 5.15 Å². The first-order valence-corrected chi connectivity index (χ1v) is 5.74. The molecule has 0 bridgehead atoms. The first kappa shape index (κ1) is 11.6. The number of halogens is 1. The number of aliphatic hydroxyl groups excluding tert-OH is 1. The Labute approximate surface area is 100 Å². The second-order valence-electron chi connectivity index (χ2n) is 4.95. The number of hydrogen-bond donors (Lipinski definition) is 1. The molecule has 88 valence electrons. The standard InChI is InChI=1S/C11H16ClN3O/c1-11(2)6-15(4-8(11)5-16)10-3-9(12)13-7-14-10/h3,7-8,16H,4-6H2,1-2H3/t8-/m1/s1. The monoisotopic (exact) mass is 241 g/mol. The zero-order valence-electron chi connectivity index (χ0n) is 9.52. The summed E-state index contributed by atoms with van der Waals surface area (Å²) in [6, 6.07) is 1.76. The molecule has 1 aromatic rings. The Balaban J connectivity index is 2.19. The van der Waals surface area contributed by atoms with Crippen LogP contribution >= 0.6 is 11.6 Å². The molecule has 0 aromatic carbocycles. The molecule has 1 aliphatic rings. The zero-order valence-corrected chi connectivity index (χ0v) is 10.3. The van der Waals surface area contributed by atoms with Gasteiger partial charge >= 0.3 is 0 Å². The van der Waals surface area contributed by atoms with Crippen molar-refractivity contribution >= 4 is 17.4 Å². The van der Waals surface area contributed by atoms with Crippen molar-refractivity contribution in [2.24, 2.45) is 11.3 Å². The van der Waals surface area contributed by atoms with Gasteiger partial charge < -0.3 is 10.0 Å². The molecule has 0 spiro atoms. The normalized spacial score (nSPS) is 23.8. The van der Waals surface area contributed by atoms with Crippen LogP contribution in [-0.2, 0) is 0 Å². The maximum Gasteiger partial charge on any atom is 0.134 e. The summed E-state index contributed by atoms with van der Waals surface area (Å²) in [6.07, 6.45) is 1.47. The molecular formula is C11H16ClN3O. The van der Waals surface area contributed by atoms with Crippen LogP contribution in [0.5, 0.6) is 0 Å². The first-order chi connectivity index (χ1) is 7.53. The Morgan fingerprint density at radius 2 is 2.31 bits per heavy atom. The van der Waals surface area contributed by atoms with Crippen LogP contribution in [0.15, 0.2) is 12.4 Å². The van der Waals surface area contributed by atoms with E-state index in [9.17, 15) is 5.11 Å². The number of aliphatic hydroxyl groups is 1. The molecule has 16 heavy (non-hydrogen) atoms. The molecule has 1 fully saturated rings. The Hall–Kier alpha value is -0.870. The second-order valence-corrected chi connectivity index (χ2v) is 5.33. The number of nitrogens with zero attached hydrogens (tertiary/aromatic N) is 3. The average Bonchev–Trinajstić information content (AvgIpc) is 2.53. The van der Waals surface area contributed by atoms with E-state index in [1.54, 1.807) is 6.07 Å². The van der Waals surface area contributed by atoms with Gasteiger partial charge in [0, 0.05) is 31.7 Å². The topological polar surface area (TPSA) is 49.2 Å². The predicted octanol–water partition coefficient (Wildman–Crippen LogP) is 1.58. The molecule has 1 N–H and O–H groups in total. The van der Waals surface area contributed by atoms with Crippen molar-refractivity contribution in [2.45, 2.75) is 13.8 Å². The quantitative estimate of drug-likeness (QED) is 0.799. The third-order valence-electron chi connectivity index (χ3n) is 3.31. The van der Waals surface area contributed by atoms with Crippen molar-refractivity contribution in [3.63, 3.8) is 0 Å². The molecule has 5 heteroatoms. The lowest BCUT2D eigenvalue weighted by Crippen LogP contribution is -2.25. The molecule has 0 saturated carbocycles. The second kappa shape index (κ2) is 4.18. The Bertz CT molecular complexity index is 383. The van der Waals surface area contributed by atoms with E-state index in [4.69, 9.17) is 11.6 Å². The summed E-state index contributed by atoms with van der Waals surface area (Å²) in [5.41, 5.74) is 0.103. The molecule has 1 aliphatic heterocycles. The first-order valence-electron chi connectivity index (χ1n) is 5.36. The summed E-state index contributed by atoms with van der Waals surface area (Å²) in [5, 5.41) is 9.79. The highest BCUT2D eigenvalue weighted by Gasteiger charge is 2.39. The van der Waals surface area contributed by atoms with Crippen molar-refractivity contribution in [1.82, 2.24) is 9.97 Å². The van der Waals surface area contributed by atoms with Crippen LogP contribution < -0.4 is 4.90 Å². The summed E-state index contributed by atoms with van der Waals surface area (Å²) >= 11 is 5.84. The van der Waals surface area contributed by atoms with Gasteiger partial charge in [-0.05, 0) is 5.41 Å². The van der Waals surface area contributed by atoms with Gasteiger partial charge in [-0.25, -0.2) is 9.97 Å². The molecule has 0 unspecified atom stereocenters. The molecule has 1 aromatic heterocycles. The highest BCUT2D eigenvalue weighted by Crippen LogP contribution is 2.36. The van der Waals surface area contributed by atoms with Gasteiger partial charge in [-0.2, -0.15) is 0 Å². The lowest BCUT2D eigenvalue weighted by atomic mass is 9.83. The van der Waals surface area contributed by atoms with Gasteiger partial charge in [0.1, 0.15) is 17.3 Å². The summed E-state index contributed by atoms with van der Waals surface area (Å²) < 4.78 is 0. The largest absolute Gasteiger partial charge is 0.396 e. The van der Waals surface area contributed by atoms with Gasteiger partial charge in [0.2, 0.25) is 0 Å². The summed E-state index contributed by atoms with van der Waals surface area (Å²) in [6.45, 7) is 6.23. The van der Waals surface area contributed by atoms with Crippen molar-refractivity contribution in [3.05, 3.63) is 17.5 Å². The molecule has 1 saturated heterocycles. The van der Waals surface area contributed by atoms with Crippen molar-refractivity contribution in [2.75, 3.05) is 24.6 Å². The van der Waals surface area contributed by atoms with E-state index in [1.807, 2.05) is 0 Å². The van der Waals surface area contributed by atoms with Crippen LogP contribution in [0, 0.1) is 11.3 Å². The molecule has 1 atom stereocenters. The van der Waals surface area contributed by atoms with Crippen LogP contribution in [0.25, 0.3) is 0 Å². The maximum atomic E-state index is 9.34. The third-order valence-corrected chi connectivity index (χ3v) is 3.51. The van der Waals surface area contributed by atoms with Gasteiger partial charge in [0.25, 0.3) is 0 Å². The maximum absolute atomic E-state index is 9.34. The summed E-state index contributed by atoms with van der Waals surface area (Å²) in [5.74, 6) is 1.12. The third kappa shape index (κ3) is 2.13. The Morgan fingerprint density at radius 3 is 2.88 bits per heavy atom. The van der Waals surface area contributed by atoms with E-state index in [-0.39, 0.29) is 17.9 Å². The number of anilines is 1. The molecule has 0 amide bonds. The minimum Gasteiger partial charge on any atom is -0.396 e. The lowest BCUT2D eigenvalue weighted by molar-refractivity contribution is 0.161. The fourth-order valence-electron chi connectivity index (χ4n) is 2.18. The number of aromatic nitrogens is 2. The van der Waals surface area contributed by atoms with Gasteiger partial charge in [-0.3, -0.25) is 0 Å². The average molecular weight is 242 g/mol. The van der Waals surface area contributed by atoms with E-state index in [1.165, 1.54) is 6.33 Å². The minimum absolute atomic E-state index is 0.103. The Morgan fingerprint density at radius 1 is 1.56 bits per heavy atom. The van der Waals surface area contributed by atoms with E-state index in [2.05, 4.69) is 28.7 Å². The molecule has 2 rings (SSSR count). The molecular weight excluding hydrogens is 226 g/mol. The van der Waals surface area contributed by atoms with Gasteiger partial charge in [0.05, 0.1) is 0 Å². The fraction of sp³-hybridized carbons (Fsp3) is 0.636. The van der Waals surface area contributed by atoms with E-state index in [0.717, 1.165) is 18.9 Å². The Kier molecular flexibility index (Phi) is 3.04. The SMILES string of the molecule is CC1(C)CN(c2cc(Cl)ncn2)C[C@@H]1CO. The van der Waals surface area contributed by atoms with Crippen LogP contribution in [0.3, 0.4) is 0 Å². The lowest BCUT2D eigenvalue weighted by Gasteiger charge is -2.23. The van der Waals surface area contributed by atoms with Gasteiger partial charge in [-0.1, -0.05) is 25.4 Å². The van der Waals surface area contributed by atoms with Gasteiger partial charge in [-0.15, -0.1) is 0 Å². The molecule has 0 aliphatic carbocycles. The van der Waals surface area contributed by atoms with Crippen molar-refractivity contribution in [3.8, 4) is 0 Å². The van der Waals surface area contributed by atoms with Crippen LogP contribution in [0.4, 0.5) is 5.82 Å². The predicted molar refractivity (Wildman–Crippen MR) is 63.6 cm³/mol. The molecule has 4 nitrogen and oxygen atoms in total.